The van der Waals surface area contributed by atoms with E-state index in [-0.39, 0.29) is 11.1 Å². The fourth-order valence-electron chi connectivity index (χ4n) is 13.8. The minimum atomic E-state index is -2.54. The van der Waals surface area contributed by atoms with Crippen molar-refractivity contribution >= 4 is 134 Å². The van der Waals surface area contributed by atoms with Crippen molar-refractivity contribution in [2.75, 3.05) is 0 Å². The average molecular weight is 1380 g/mol. The summed E-state index contributed by atoms with van der Waals surface area (Å²) >= 11 is 9.72. The van der Waals surface area contributed by atoms with Gasteiger partial charge in [-0.25, -0.2) is 8.78 Å². The molecule has 0 amide bonds. The van der Waals surface area contributed by atoms with Crippen molar-refractivity contribution in [2.24, 2.45) is 0 Å². The van der Waals surface area contributed by atoms with Crippen LogP contribution in [0.2, 0.25) is 24.2 Å². The first-order valence-electron chi connectivity index (χ1n) is 28.5. The third-order valence-corrected chi connectivity index (χ3v) is 39.5. The van der Waals surface area contributed by atoms with Gasteiger partial charge < -0.3 is 0 Å². The van der Waals surface area contributed by atoms with Crippen LogP contribution >= 0.6 is 64.3 Å². The van der Waals surface area contributed by atoms with Crippen molar-refractivity contribution in [3.05, 3.63) is 177 Å². The molecule has 0 saturated heterocycles. The van der Waals surface area contributed by atoms with Crippen LogP contribution in [0, 0.1) is 27.8 Å². The number of benzene rings is 4. The molecule has 1 saturated carbocycles. The molecule has 0 radical (unpaired) electrons. The van der Waals surface area contributed by atoms with Crippen molar-refractivity contribution in [2.45, 2.75) is 111 Å². The van der Waals surface area contributed by atoms with Gasteiger partial charge in [0.15, 0.2) is 11.6 Å². The van der Waals surface area contributed by atoms with E-state index in [0.717, 1.165) is 106 Å². The Kier molecular flexibility index (Phi) is 16.5. The summed E-state index contributed by atoms with van der Waals surface area (Å²) in [6.45, 7) is 13.4. The van der Waals surface area contributed by atoms with Crippen molar-refractivity contribution in [3.8, 4) is 56.6 Å². The fraction of sp³-hybridized carbons (Fsp3) is 0.250. The predicted molar refractivity (Wildman–Crippen MR) is 354 cm³/mol. The number of hydrogen-bond donors (Lipinski definition) is 0. The van der Waals surface area contributed by atoms with Crippen LogP contribution in [-0.4, -0.2) is 24.9 Å². The van der Waals surface area contributed by atoms with Crippen LogP contribution in [-0.2, 0) is 17.9 Å². The van der Waals surface area contributed by atoms with Crippen LogP contribution in [0.3, 0.4) is 0 Å². The summed E-state index contributed by atoms with van der Waals surface area (Å²) in [5.74, 6) is 6.11. The summed E-state index contributed by atoms with van der Waals surface area (Å²) in [6.07, 6.45) is 16.4. The number of rotatable bonds is 16. The number of fused-ring (bicyclic) bond motifs is 7. The van der Waals surface area contributed by atoms with Crippen LogP contribution in [0.25, 0.3) is 57.5 Å². The Morgan fingerprint density at radius 3 is 1.53 bits per heavy atom. The van der Waals surface area contributed by atoms with Crippen LogP contribution in [0.15, 0.2) is 156 Å². The summed E-state index contributed by atoms with van der Waals surface area (Å²) in [5, 5.41) is 10.7. The second kappa shape index (κ2) is 23.7. The van der Waals surface area contributed by atoms with Gasteiger partial charge >= 0.3 is 326 Å². The maximum atomic E-state index is 17.6. The SMILES string of the molecule is CC=C1CCCC1=CC(C#Cc1cc2c(s1)-c1sc(-c3c(F)c(F)c(-c4cc5c(s4)-c4sc(/C=C/C)cc4[Si]5(CCC)CCC)c4nsnc34)cc1[Si]2(CCC)CCC)=C([C]#[Os])[P+](c1ccccc1)(c1ccccc1)c1ccccc1. The van der Waals surface area contributed by atoms with Gasteiger partial charge in [-0.2, -0.15) is 8.75 Å². The first-order valence-corrected chi connectivity index (χ1v) is 40.4. The fourth-order valence-corrected chi connectivity index (χ4v) is 38.9. The number of nitrogens with zero attached hydrogens (tertiary/aromatic N) is 2. The van der Waals surface area contributed by atoms with Gasteiger partial charge in [-0.15, -0.1) is 22.7 Å². The van der Waals surface area contributed by atoms with Crippen molar-refractivity contribution in [1.82, 2.24) is 8.75 Å². The Labute approximate surface area is 509 Å². The zero-order chi connectivity index (χ0) is 56.0. The van der Waals surface area contributed by atoms with E-state index in [2.05, 4.69) is 197 Å². The molecule has 7 heterocycles. The van der Waals surface area contributed by atoms with E-state index in [0.29, 0.717) is 11.0 Å². The molecule has 13 heteroatoms. The molecular weight excluding hydrogens is 1320 g/mol. The predicted octanol–water partition coefficient (Wildman–Crippen LogP) is 17.5. The Morgan fingerprint density at radius 2 is 1.06 bits per heavy atom. The molecule has 409 valence electrons. The second-order valence-electron chi connectivity index (χ2n) is 21.6. The van der Waals surface area contributed by atoms with Crippen LogP contribution in [0.5, 0.6) is 0 Å². The topological polar surface area (TPSA) is 25.8 Å². The molecule has 0 bridgehead atoms. The van der Waals surface area contributed by atoms with Gasteiger partial charge in [-0.1, -0.05) is 32.8 Å². The summed E-state index contributed by atoms with van der Waals surface area (Å²) in [6, 6.07) is 46.9. The van der Waals surface area contributed by atoms with Crippen molar-refractivity contribution < 1.29 is 26.7 Å². The molecule has 2 nitrogen and oxygen atoms in total. The standard InChI is InChI=1S/C68H63F2N2PS5Si2.Os/c1-8-24-51-40-55-65(74-51)67-57(79(55,35-9-2)36-10-3)42-53(76-67)59-61(69)62(70)60(64-63(59)71-78-72-64)54-43-58-68(77-54)66-56(80(58,37-11-4)38-12-5)41-52(75-66)34-33-46(39-47-26-23-25-45(47)13-6)44(7)73(48-27-17-14-18-28-48,49-29-19-15-20-30-49)50-31-21-16-22-32-50;/h8,13-22,24,27-32,39-43H,9-12,23,25-26,35-38H2,1-6H3;/q+1;/b24-8+,45-13?,46-44?,47-39?;. The zero-order valence-corrected chi connectivity index (χ0v) is 56.1. The van der Waals surface area contributed by atoms with Gasteiger partial charge in [0.2, 0.25) is 0 Å². The summed E-state index contributed by atoms with van der Waals surface area (Å²) < 4.78 is 48.8. The summed E-state index contributed by atoms with van der Waals surface area (Å²) in [7, 11) is -7.08. The van der Waals surface area contributed by atoms with Crippen LogP contribution < -0.4 is 36.7 Å². The van der Waals surface area contributed by atoms with Gasteiger partial charge in [0.1, 0.15) is 19.1 Å². The number of halogens is 2. The molecule has 4 aromatic carbocycles. The van der Waals surface area contributed by atoms with Gasteiger partial charge in [0.05, 0.1) is 17.3 Å². The molecule has 1 fully saturated rings. The molecule has 5 aromatic heterocycles. The third-order valence-electron chi connectivity index (χ3n) is 16.9. The molecule has 81 heavy (non-hydrogen) atoms. The van der Waals surface area contributed by atoms with Crippen molar-refractivity contribution in [1.29, 1.82) is 0 Å². The number of allylic oxidation sites excluding steroid dienone is 7. The van der Waals surface area contributed by atoms with Gasteiger partial charge in [0, 0.05) is 19.5 Å². The van der Waals surface area contributed by atoms with Gasteiger partial charge in [-0.05, 0) is 47.6 Å². The molecule has 0 unspecified atom stereocenters. The minimum absolute atomic E-state index is 0.243. The monoisotopic (exact) mass is 1380 g/mol. The third kappa shape index (κ3) is 9.37. The molecular formula is C68H63F2N2OsPS5Si2+. The van der Waals surface area contributed by atoms with E-state index < -0.39 is 35.0 Å². The molecule has 1 aliphatic carbocycles. The molecule has 0 N–H and O–H groups in total. The number of thiophene rings is 4. The maximum absolute atomic E-state index is 17.6. The molecule has 12 rings (SSSR count). The Balaban J connectivity index is 1.01. The van der Waals surface area contributed by atoms with Gasteiger partial charge in [-0.3, -0.25) is 0 Å². The molecule has 0 atom stereocenters. The van der Waals surface area contributed by atoms with E-state index in [1.54, 1.807) is 52.0 Å². The number of aromatic nitrogens is 2. The van der Waals surface area contributed by atoms with Crippen LogP contribution in [0.1, 0.15) is 96.2 Å². The quantitative estimate of drug-likeness (QED) is 0.0547. The van der Waals surface area contributed by atoms with Gasteiger partial charge in [0.25, 0.3) is 0 Å². The van der Waals surface area contributed by atoms with E-state index in [1.165, 1.54) is 72.2 Å². The second-order valence-corrected chi connectivity index (χ2v) is 38.8. The zero-order valence-electron chi connectivity index (χ0n) is 46.5. The Hall–Kier alpha value is -4.84. The van der Waals surface area contributed by atoms with E-state index in [9.17, 15) is 0 Å². The normalized spacial score (nSPS) is 16.2. The molecule has 0 spiro atoms. The molecule has 9 aromatic rings. The molecule has 3 aliphatic rings. The Bertz CT molecular complexity index is 4020. The van der Waals surface area contributed by atoms with E-state index in [1.807, 2.05) is 11.3 Å². The van der Waals surface area contributed by atoms with E-state index >= 15 is 8.78 Å². The first kappa shape index (κ1) is 56.6. The summed E-state index contributed by atoms with van der Waals surface area (Å²) in [5.41, 5.74) is 5.17. The summed E-state index contributed by atoms with van der Waals surface area (Å²) in [4.78, 5) is 8.82. The first-order chi connectivity index (χ1) is 39.6. The van der Waals surface area contributed by atoms with E-state index in [4.69, 9.17) is 8.75 Å². The van der Waals surface area contributed by atoms with Crippen molar-refractivity contribution in [3.63, 3.8) is 0 Å². The molecule has 2 aliphatic heterocycles. The van der Waals surface area contributed by atoms with Crippen LogP contribution in [0.4, 0.5) is 8.78 Å². The Morgan fingerprint density at radius 1 is 0.605 bits per heavy atom. The average Bonchev–Trinajstić information content (AvgIpc) is 4.50. The number of hydrogen-bond acceptors (Lipinski definition) is 7.